The topological polar surface area (TPSA) is 12.0 Å². The molecule has 1 nitrogen and oxygen atoms in total. The van der Waals surface area contributed by atoms with Crippen LogP contribution in [-0.2, 0) is 0 Å². The van der Waals surface area contributed by atoms with E-state index in [2.05, 4.69) is 24.9 Å². The predicted octanol–water partition coefficient (Wildman–Crippen LogP) is 4.09. The number of rotatable bonds is 5. The molecule has 86 valence electrons. The number of nitrogens with one attached hydrogen (secondary N) is 1. The molecule has 0 saturated heterocycles. The fourth-order valence-electron chi connectivity index (χ4n) is 1.29. The van der Waals surface area contributed by atoms with Gasteiger partial charge in [-0.15, -0.1) is 0 Å². The number of halogens is 2. The van der Waals surface area contributed by atoms with Crippen LogP contribution >= 0.6 is 23.2 Å². The molecule has 0 aliphatic rings. The van der Waals surface area contributed by atoms with Crippen LogP contribution in [0.25, 0.3) is 6.08 Å². The summed E-state index contributed by atoms with van der Waals surface area (Å²) in [6, 6.07) is 7.75. The zero-order chi connectivity index (χ0) is 12.0. The van der Waals surface area contributed by atoms with E-state index in [1.54, 1.807) is 0 Å². The normalized spacial score (nSPS) is 11.6. The third-order valence-electron chi connectivity index (χ3n) is 2.00. The summed E-state index contributed by atoms with van der Waals surface area (Å²) in [5, 5.41) is 4.57. The van der Waals surface area contributed by atoms with Gasteiger partial charge in [0.1, 0.15) is 0 Å². The molecule has 0 amide bonds. The molecule has 16 heavy (non-hydrogen) atoms. The first-order chi connectivity index (χ1) is 7.58. The van der Waals surface area contributed by atoms with Gasteiger partial charge < -0.3 is 5.32 Å². The molecular weight excluding hydrogens is 241 g/mol. The Balaban J connectivity index is 2.49. The molecular formula is C13H15Cl2N. The van der Waals surface area contributed by atoms with Crippen molar-refractivity contribution in [3.8, 4) is 0 Å². The average molecular weight is 256 g/mol. The summed E-state index contributed by atoms with van der Waals surface area (Å²) in [6.45, 7) is 7.11. The molecule has 0 aliphatic heterocycles. The minimum atomic E-state index is 0.624. The molecule has 0 aromatic heterocycles. The lowest BCUT2D eigenvalue weighted by Crippen LogP contribution is -2.17. The molecule has 1 aromatic carbocycles. The average Bonchev–Trinajstić information content (AvgIpc) is 2.21. The smallest absolute Gasteiger partial charge is 0.0406 e. The molecule has 1 N–H and O–H groups in total. The Hall–Kier alpha value is -0.760. The predicted molar refractivity (Wildman–Crippen MR) is 73.0 cm³/mol. The molecule has 0 saturated carbocycles. The molecule has 0 spiro atoms. The largest absolute Gasteiger partial charge is 0.308 e. The number of hydrogen-bond donors (Lipinski definition) is 1. The fourth-order valence-corrected chi connectivity index (χ4v) is 1.51. The van der Waals surface area contributed by atoms with Crippen LogP contribution in [0.5, 0.6) is 0 Å². The van der Waals surface area contributed by atoms with Gasteiger partial charge in [-0.25, -0.2) is 0 Å². The van der Waals surface area contributed by atoms with Crippen molar-refractivity contribution in [3.05, 3.63) is 52.0 Å². The highest BCUT2D eigenvalue weighted by Gasteiger charge is 1.93. The second-order valence-electron chi connectivity index (χ2n) is 3.66. The molecule has 0 atom stereocenters. The highest BCUT2D eigenvalue weighted by atomic mass is 35.5. The van der Waals surface area contributed by atoms with E-state index in [1.165, 1.54) is 5.57 Å². The minimum Gasteiger partial charge on any atom is -0.308 e. The van der Waals surface area contributed by atoms with Gasteiger partial charge >= 0.3 is 0 Å². The first kappa shape index (κ1) is 13.3. The van der Waals surface area contributed by atoms with Gasteiger partial charge in [0, 0.05) is 23.1 Å². The van der Waals surface area contributed by atoms with Crippen LogP contribution < -0.4 is 5.32 Å². The number of hydrogen-bond acceptors (Lipinski definition) is 1. The summed E-state index contributed by atoms with van der Waals surface area (Å²) in [7, 11) is 0. The Bertz CT molecular complexity index is 379. The lowest BCUT2D eigenvalue weighted by atomic mass is 10.1. The molecule has 0 unspecified atom stereocenters. The van der Waals surface area contributed by atoms with Crippen molar-refractivity contribution in [2.24, 2.45) is 0 Å². The zero-order valence-electron chi connectivity index (χ0n) is 9.26. The summed E-state index contributed by atoms with van der Waals surface area (Å²) >= 11 is 11.5. The Kier molecular flexibility index (Phi) is 5.61. The van der Waals surface area contributed by atoms with Crippen LogP contribution in [0.15, 0.2) is 41.4 Å². The van der Waals surface area contributed by atoms with E-state index in [4.69, 9.17) is 23.2 Å². The standard InChI is InChI=1S/C13H15Cl2N/c1-10(8-16-9-11(2)14)7-12-3-5-13(15)6-4-12/h3-7,16H,2,8-9H2,1H3/b10-7-. The van der Waals surface area contributed by atoms with Crippen molar-refractivity contribution < 1.29 is 0 Å². The molecule has 0 radical (unpaired) electrons. The first-order valence-electron chi connectivity index (χ1n) is 5.04. The van der Waals surface area contributed by atoms with E-state index in [1.807, 2.05) is 24.3 Å². The van der Waals surface area contributed by atoms with Crippen molar-refractivity contribution in [1.29, 1.82) is 0 Å². The van der Waals surface area contributed by atoms with E-state index < -0.39 is 0 Å². The lowest BCUT2D eigenvalue weighted by Gasteiger charge is -2.04. The van der Waals surface area contributed by atoms with Gasteiger partial charge in [-0.2, -0.15) is 0 Å². The van der Waals surface area contributed by atoms with E-state index in [-0.39, 0.29) is 0 Å². The maximum atomic E-state index is 5.81. The quantitative estimate of drug-likeness (QED) is 0.836. The van der Waals surface area contributed by atoms with Gasteiger partial charge in [-0.3, -0.25) is 0 Å². The third-order valence-corrected chi connectivity index (χ3v) is 2.39. The Morgan fingerprint density at radius 3 is 2.50 bits per heavy atom. The van der Waals surface area contributed by atoms with E-state index in [0.29, 0.717) is 11.6 Å². The van der Waals surface area contributed by atoms with Crippen molar-refractivity contribution in [2.75, 3.05) is 13.1 Å². The first-order valence-corrected chi connectivity index (χ1v) is 5.80. The minimum absolute atomic E-state index is 0.624. The maximum absolute atomic E-state index is 5.81. The van der Waals surface area contributed by atoms with Gasteiger partial charge in [0.15, 0.2) is 0 Å². The van der Waals surface area contributed by atoms with Gasteiger partial charge in [0.25, 0.3) is 0 Å². The van der Waals surface area contributed by atoms with Crippen LogP contribution in [-0.4, -0.2) is 13.1 Å². The van der Waals surface area contributed by atoms with Crippen LogP contribution in [0.4, 0.5) is 0 Å². The Morgan fingerprint density at radius 2 is 1.94 bits per heavy atom. The van der Waals surface area contributed by atoms with Crippen molar-refractivity contribution in [2.45, 2.75) is 6.92 Å². The van der Waals surface area contributed by atoms with Gasteiger partial charge in [0.05, 0.1) is 0 Å². The summed E-state index contributed by atoms with van der Waals surface area (Å²) < 4.78 is 0. The molecule has 0 fully saturated rings. The van der Waals surface area contributed by atoms with Gasteiger partial charge in [0.2, 0.25) is 0 Å². The summed E-state index contributed by atoms with van der Waals surface area (Å²) in [5.41, 5.74) is 2.38. The van der Waals surface area contributed by atoms with Gasteiger partial charge in [-0.1, -0.05) is 53.6 Å². The summed E-state index contributed by atoms with van der Waals surface area (Å²) in [6.07, 6.45) is 2.11. The SMILES string of the molecule is C=C(Cl)CNC/C(C)=C\c1ccc(Cl)cc1. The second kappa shape index (κ2) is 6.74. The Morgan fingerprint density at radius 1 is 1.31 bits per heavy atom. The zero-order valence-corrected chi connectivity index (χ0v) is 10.8. The fraction of sp³-hybridized carbons (Fsp3) is 0.231. The lowest BCUT2D eigenvalue weighted by molar-refractivity contribution is 0.812. The van der Waals surface area contributed by atoms with Crippen LogP contribution in [0.3, 0.4) is 0 Å². The van der Waals surface area contributed by atoms with Crippen molar-refractivity contribution >= 4 is 29.3 Å². The third kappa shape index (κ3) is 5.36. The van der Waals surface area contributed by atoms with Crippen LogP contribution in [0.1, 0.15) is 12.5 Å². The molecule has 1 aromatic rings. The monoisotopic (exact) mass is 255 g/mol. The maximum Gasteiger partial charge on any atom is 0.0406 e. The van der Waals surface area contributed by atoms with Crippen LogP contribution in [0, 0.1) is 0 Å². The Labute approximate surface area is 107 Å². The summed E-state index contributed by atoms with van der Waals surface area (Å²) in [4.78, 5) is 0. The molecule has 0 aliphatic carbocycles. The molecule has 0 bridgehead atoms. The highest BCUT2D eigenvalue weighted by Crippen LogP contribution is 2.12. The molecule has 1 rings (SSSR count). The van der Waals surface area contributed by atoms with Crippen molar-refractivity contribution in [3.63, 3.8) is 0 Å². The van der Waals surface area contributed by atoms with Crippen molar-refractivity contribution in [1.82, 2.24) is 5.32 Å². The molecule has 0 heterocycles. The molecule has 3 heteroatoms. The second-order valence-corrected chi connectivity index (χ2v) is 4.63. The van der Waals surface area contributed by atoms with E-state index in [9.17, 15) is 0 Å². The van der Waals surface area contributed by atoms with Gasteiger partial charge in [-0.05, 0) is 24.6 Å². The number of benzene rings is 1. The van der Waals surface area contributed by atoms with E-state index >= 15 is 0 Å². The highest BCUT2D eigenvalue weighted by molar-refractivity contribution is 6.30. The van der Waals surface area contributed by atoms with E-state index in [0.717, 1.165) is 17.1 Å². The van der Waals surface area contributed by atoms with Crippen LogP contribution in [0.2, 0.25) is 5.02 Å². The summed E-state index contributed by atoms with van der Waals surface area (Å²) in [5.74, 6) is 0.